The van der Waals surface area contributed by atoms with Crippen LogP contribution < -0.4 is 16.2 Å². The monoisotopic (exact) mass is 686 g/mol. The quantitative estimate of drug-likeness (QED) is 0.167. The van der Waals surface area contributed by atoms with E-state index in [-0.39, 0.29) is 34.3 Å². The van der Waals surface area contributed by atoms with Crippen LogP contribution in [0.15, 0.2) is 60.8 Å². The molecular formula is C28H30ClF3N6O7S. The van der Waals surface area contributed by atoms with Crippen LogP contribution in [-0.2, 0) is 25.8 Å². The fraction of sp³-hybridized carbons (Fsp3) is 0.286. The van der Waals surface area contributed by atoms with Gasteiger partial charge in [-0.25, -0.2) is 13.8 Å². The molecule has 248 valence electrons. The molecule has 0 aliphatic heterocycles. The normalized spacial score (nSPS) is 13.1. The van der Waals surface area contributed by atoms with Gasteiger partial charge in [-0.05, 0) is 51.0 Å². The second-order valence-electron chi connectivity index (χ2n) is 10.0. The van der Waals surface area contributed by atoms with E-state index in [9.17, 15) is 26.4 Å². The maximum Gasteiger partial charge on any atom is 0.429 e. The molecule has 4 aromatic rings. The minimum Gasteiger partial charge on any atom is -0.480 e. The summed E-state index contributed by atoms with van der Waals surface area (Å²) in [5.41, 5.74) is 13.2. The molecule has 0 aliphatic carbocycles. The van der Waals surface area contributed by atoms with Crippen molar-refractivity contribution in [2.45, 2.75) is 51.6 Å². The molecule has 4 rings (SSSR count). The SMILES string of the molecule is CC(C)OS(=O)(=O)O.Cc1ccn(-c2cc(Cl)ccc2[C@@H](Oc2cc(-c3ccc(C[C@H](N)C(=O)O)cc3)nc(N)n2)C(F)(F)F)n1. The lowest BCUT2D eigenvalue weighted by molar-refractivity contribution is -0.198. The highest BCUT2D eigenvalue weighted by atomic mass is 35.5. The Bertz CT molecular complexity index is 1770. The van der Waals surface area contributed by atoms with Crippen LogP contribution in [0, 0.1) is 6.92 Å². The second kappa shape index (κ2) is 14.9. The molecule has 0 amide bonds. The van der Waals surface area contributed by atoms with E-state index in [1.807, 2.05) is 0 Å². The van der Waals surface area contributed by atoms with Gasteiger partial charge in [-0.15, -0.1) is 0 Å². The van der Waals surface area contributed by atoms with E-state index in [1.54, 1.807) is 37.3 Å². The molecule has 0 spiro atoms. The third-order valence-corrected chi connectivity index (χ3v) is 6.70. The Hall–Kier alpha value is -4.29. The number of ether oxygens (including phenoxy) is 1. The summed E-state index contributed by atoms with van der Waals surface area (Å²) >= 11 is 6.08. The molecule has 2 aromatic heterocycles. The molecule has 6 N–H and O–H groups in total. The summed E-state index contributed by atoms with van der Waals surface area (Å²) in [6.45, 7) is 4.72. The zero-order valence-electron chi connectivity index (χ0n) is 24.5. The number of nitrogens with zero attached hydrogens (tertiary/aromatic N) is 4. The number of alkyl halides is 3. The molecule has 0 saturated carbocycles. The van der Waals surface area contributed by atoms with E-state index in [1.165, 1.54) is 49.0 Å². The molecular weight excluding hydrogens is 657 g/mol. The van der Waals surface area contributed by atoms with Gasteiger partial charge < -0.3 is 21.3 Å². The molecule has 0 radical (unpaired) electrons. The predicted octanol–water partition coefficient (Wildman–Crippen LogP) is 4.72. The number of nitrogen functional groups attached to an aromatic ring is 1. The average molecular weight is 687 g/mol. The lowest BCUT2D eigenvalue weighted by Gasteiger charge is -2.24. The number of hydrogen-bond donors (Lipinski definition) is 4. The van der Waals surface area contributed by atoms with Gasteiger partial charge >= 0.3 is 22.5 Å². The van der Waals surface area contributed by atoms with E-state index >= 15 is 0 Å². The number of carbonyl (C=O) groups is 1. The van der Waals surface area contributed by atoms with Crippen molar-refractivity contribution in [1.82, 2.24) is 19.7 Å². The number of aryl methyl sites for hydroxylation is 1. The van der Waals surface area contributed by atoms with Crippen molar-refractivity contribution in [3.05, 3.63) is 82.6 Å². The number of anilines is 1. The molecule has 0 saturated heterocycles. The fourth-order valence-electron chi connectivity index (χ4n) is 3.96. The van der Waals surface area contributed by atoms with Crippen LogP contribution in [0.5, 0.6) is 5.88 Å². The number of nitrogens with two attached hydrogens (primary N) is 2. The number of halogens is 4. The highest BCUT2D eigenvalue weighted by Gasteiger charge is 2.45. The molecule has 0 bridgehead atoms. The fourth-order valence-corrected chi connectivity index (χ4v) is 4.61. The second-order valence-corrected chi connectivity index (χ2v) is 11.5. The molecule has 2 aromatic carbocycles. The van der Waals surface area contributed by atoms with Crippen molar-refractivity contribution >= 4 is 33.9 Å². The lowest BCUT2D eigenvalue weighted by Crippen LogP contribution is -2.32. The number of benzene rings is 2. The molecule has 2 heterocycles. The summed E-state index contributed by atoms with van der Waals surface area (Å²) in [4.78, 5) is 18.9. The van der Waals surface area contributed by atoms with Crippen molar-refractivity contribution < 1.29 is 45.0 Å². The van der Waals surface area contributed by atoms with E-state index < -0.39 is 46.7 Å². The van der Waals surface area contributed by atoms with Crippen LogP contribution in [0.4, 0.5) is 19.1 Å². The summed E-state index contributed by atoms with van der Waals surface area (Å²) in [5.74, 6) is -1.83. The van der Waals surface area contributed by atoms with E-state index in [0.29, 0.717) is 16.8 Å². The van der Waals surface area contributed by atoms with Crippen LogP contribution in [-0.4, -0.2) is 62.1 Å². The maximum atomic E-state index is 14.3. The Morgan fingerprint density at radius 1 is 1.09 bits per heavy atom. The molecule has 46 heavy (non-hydrogen) atoms. The number of rotatable bonds is 10. The number of carboxylic acids is 1. The first-order valence-electron chi connectivity index (χ1n) is 13.3. The van der Waals surface area contributed by atoms with Gasteiger partial charge in [0, 0.05) is 28.4 Å². The highest BCUT2D eigenvalue weighted by Crippen LogP contribution is 2.40. The smallest absolute Gasteiger partial charge is 0.429 e. The van der Waals surface area contributed by atoms with Crippen molar-refractivity contribution in [2.24, 2.45) is 5.73 Å². The number of aliphatic carboxylic acids is 1. The number of hydrogen-bond acceptors (Lipinski definition) is 10. The molecule has 13 nitrogen and oxygen atoms in total. The predicted molar refractivity (Wildman–Crippen MR) is 162 cm³/mol. The van der Waals surface area contributed by atoms with Gasteiger partial charge in [-0.3, -0.25) is 9.35 Å². The largest absolute Gasteiger partial charge is 0.480 e. The third-order valence-electron chi connectivity index (χ3n) is 5.84. The van der Waals surface area contributed by atoms with Crippen LogP contribution in [0.25, 0.3) is 16.9 Å². The first-order valence-corrected chi connectivity index (χ1v) is 15.0. The standard InChI is InChI=1S/C25H22ClF3N6O3.C3H8O4S/c1-13-8-9-35(34-13)20-11-16(26)6-7-17(20)22(25(27,28)29)38-21-12-19(32-24(31)33-21)15-4-2-14(3-5-15)10-18(30)23(36)37;1-3(2)7-8(4,5)6/h2-9,11-12,18,22H,10,30H2,1H3,(H,36,37)(H2,31,32,33);3H,1-2H3,(H,4,5,6)/t18-,22+;/m0./s1. The van der Waals surface area contributed by atoms with Crippen LogP contribution >= 0.6 is 11.6 Å². The van der Waals surface area contributed by atoms with Gasteiger partial charge in [-0.2, -0.15) is 31.7 Å². The lowest BCUT2D eigenvalue weighted by atomic mass is 10.0. The molecule has 0 fully saturated rings. The summed E-state index contributed by atoms with van der Waals surface area (Å²) in [6.07, 6.45) is -6.14. The molecule has 0 unspecified atom stereocenters. The Morgan fingerprint density at radius 2 is 1.74 bits per heavy atom. The van der Waals surface area contributed by atoms with Crippen LogP contribution in [0.3, 0.4) is 0 Å². The summed E-state index contributed by atoms with van der Waals surface area (Å²) in [6, 6.07) is 12.2. The first kappa shape index (κ1) is 36.2. The Kier molecular flexibility index (Phi) is 11.7. The van der Waals surface area contributed by atoms with Crippen molar-refractivity contribution in [3.8, 4) is 22.8 Å². The topological polar surface area (TPSA) is 206 Å². The maximum absolute atomic E-state index is 14.3. The summed E-state index contributed by atoms with van der Waals surface area (Å²) in [5, 5.41) is 13.4. The Labute approximate surface area is 266 Å². The Balaban J connectivity index is 0.000000637. The van der Waals surface area contributed by atoms with Gasteiger partial charge in [-0.1, -0.05) is 41.9 Å². The van der Waals surface area contributed by atoms with Gasteiger partial charge in [0.15, 0.2) is 0 Å². The van der Waals surface area contributed by atoms with Crippen molar-refractivity contribution in [1.29, 1.82) is 0 Å². The molecule has 18 heteroatoms. The van der Waals surface area contributed by atoms with Crippen LogP contribution in [0.1, 0.15) is 36.8 Å². The van der Waals surface area contributed by atoms with E-state index in [4.69, 9.17) is 37.5 Å². The molecule has 2 atom stereocenters. The van der Waals surface area contributed by atoms with E-state index in [0.717, 1.165) is 0 Å². The van der Waals surface area contributed by atoms with Gasteiger partial charge in [0.25, 0.3) is 0 Å². The first-order chi connectivity index (χ1) is 21.3. The zero-order chi connectivity index (χ0) is 34.4. The zero-order valence-corrected chi connectivity index (χ0v) is 26.1. The van der Waals surface area contributed by atoms with E-state index in [2.05, 4.69) is 19.2 Å². The van der Waals surface area contributed by atoms with Crippen molar-refractivity contribution in [2.75, 3.05) is 5.73 Å². The van der Waals surface area contributed by atoms with Crippen LogP contribution in [0.2, 0.25) is 5.02 Å². The van der Waals surface area contributed by atoms with Gasteiger partial charge in [0.1, 0.15) is 6.04 Å². The number of aromatic nitrogens is 4. The average Bonchev–Trinajstić information content (AvgIpc) is 3.36. The Morgan fingerprint density at radius 3 is 2.24 bits per heavy atom. The number of carboxylic acid groups (broad SMARTS) is 1. The molecule has 0 aliphatic rings. The third kappa shape index (κ3) is 10.7. The minimum atomic E-state index is -4.84. The highest BCUT2D eigenvalue weighted by molar-refractivity contribution is 7.80. The summed E-state index contributed by atoms with van der Waals surface area (Å²) in [7, 11) is -4.22. The van der Waals surface area contributed by atoms with Gasteiger partial charge in [0.05, 0.1) is 23.2 Å². The minimum absolute atomic E-state index is 0.0883. The van der Waals surface area contributed by atoms with Crippen molar-refractivity contribution in [3.63, 3.8) is 0 Å². The van der Waals surface area contributed by atoms with Gasteiger partial charge in [0.2, 0.25) is 17.9 Å². The summed E-state index contributed by atoms with van der Waals surface area (Å²) < 4.78 is 81.1.